The number of aromatic nitrogens is 2. The highest BCUT2D eigenvalue weighted by Crippen LogP contribution is 2.29. The average molecular weight is 245 g/mol. The molecule has 2 N–H and O–H groups in total. The molecule has 8 heteroatoms. The molecule has 1 heterocycles. The number of aromatic hydroxyl groups is 1. The van der Waals surface area contributed by atoms with Crippen molar-refractivity contribution in [3.05, 3.63) is 24.3 Å². The largest absolute Gasteiger partial charge is 0.507 e. The second-order valence-corrected chi connectivity index (χ2v) is 3.05. The van der Waals surface area contributed by atoms with Crippen LogP contribution in [0.2, 0.25) is 0 Å². The zero-order valence-electron chi connectivity index (χ0n) is 8.19. The van der Waals surface area contributed by atoms with Crippen LogP contribution >= 0.6 is 0 Å². The molecule has 0 saturated carbocycles. The summed E-state index contributed by atoms with van der Waals surface area (Å²) in [6.45, 7) is 0. The van der Waals surface area contributed by atoms with Crippen molar-refractivity contribution in [2.24, 2.45) is 0 Å². The smallest absolute Gasteiger partial charge is 0.485 e. The van der Waals surface area contributed by atoms with Crippen LogP contribution in [0.1, 0.15) is 0 Å². The summed E-state index contributed by atoms with van der Waals surface area (Å²) in [5, 5.41) is 17.1. The number of nitrogens with zero attached hydrogens (tertiary/aromatic N) is 2. The van der Waals surface area contributed by atoms with Crippen LogP contribution < -0.4 is 5.32 Å². The molecule has 5 nitrogen and oxygen atoms in total. The summed E-state index contributed by atoms with van der Waals surface area (Å²) in [6, 6.07) is 5.16. The molecule has 0 bridgehead atoms. The summed E-state index contributed by atoms with van der Waals surface area (Å²) in [6.07, 6.45) is -4.65. The van der Waals surface area contributed by atoms with Gasteiger partial charge in [-0.25, -0.2) is 5.32 Å². The quantitative estimate of drug-likeness (QED) is 0.795. The Labute approximate surface area is 92.9 Å². The van der Waals surface area contributed by atoms with Crippen molar-refractivity contribution < 1.29 is 22.7 Å². The second kappa shape index (κ2) is 3.96. The van der Waals surface area contributed by atoms with E-state index in [2.05, 4.69) is 10.2 Å². The number of nitrogens with one attached hydrogen (secondary N) is 1. The summed E-state index contributed by atoms with van der Waals surface area (Å²) >= 11 is 0. The van der Waals surface area contributed by atoms with E-state index >= 15 is 0 Å². The zero-order chi connectivity index (χ0) is 12.5. The first-order chi connectivity index (χ1) is 7.96. The van der Waals surface area contributed by atoms with E-state index in [-0.39, 0.29) is 17.2 Å². The summed E-state index contributed by atoms with van der Waals surface area (Å²) in [4.78, 5) is 0. The number of benzene rings is 1. The molecule has 0 fully saturated rings. The van der Waals surface area contributed by atoms with Gasteiger partial charge < -0.3 is 9.52 Å². The number of rotatable bonds is 2. The highest BCUT2D eigenvalue weighted by molar-refractivity contribution is 5.62. The molecular weight excluding hydrogens is 239 g/mol. The number of anilines is 1. The Morgan fingerprint density at radius 3 is 2.53 bits per heavy atom. The predicted octanol–water partition coefficient (Wildman–Crippen LogP) is 2.37. The van der Waals surface area contributed by atoms with Gasteiger partial charge in [-0.3, -0.25) is 0 Å². The van der Waals surface area contributed by atoms with Gasteiger partial charge in [0.05, 0.1) is 5.56 Å². The van der Waals surface area contributed by atoms with Crippen LogP contribution in [-0.4, -0.2) is 21.6 Å². The fourth-order valence-electron chi connectivity index (χ4n) is 1.16. The molecule has 1 aromatic heterocycles. The molecule has 0 unspecified atom stereocenters. The third-order valence-corrected chi connectivity index (χ3v) is 1.81. The van der Waals surface area contributed by atoms with Gasteiger partial charge in [0.15, 0.2) is 0 Å². The van der Waals surface area contributed by atoms with Crippen molar-refractivity contribution in [1.29, 1.82) is 0 Å². The Morgan fingerprint density at radius 2 is 1.88 bits per heavy atom. The van der Waals surface area contributed by atoms with Crippen LogP contribution in [0.3, 0.4) is 0 Å². The molecular formula is C9H6F3N3O2. The molecule has 2 rings (SSSR count). The van der Waals surface area contributed by atoms with Crippen molar-refractivity contribution in [1.82, 2.24) is 10.2 Å². The Bertz CT molecular complexity index is 524. The van der Waals surface area contributed by atoms with E-state index in [0.717, 1.165) is 5.32 Å². The van der Waals surface area contributed by atoms with Crippen molar-refractivity contribution >= 4 is 6.01 Å². The van der Waals surface area contributed by atoms with E-state index in [0.29, 0.717) is 0 Å². The fourth-order valence-corrected chi connectivity index (χ4v) is 1.16. The van der Waals surface area contributed by atoms with E-state index in [9.17, 15) is 18.3 Å². The second-order valence-electron chi connectivity index (χ2n) is 3.05. The minimum absolute atomic E-state index is 0.158. The number of phenolic OH excluding ortho intramolecular Hbond substituents is 1. The Hall–Kier alpha value is -2.25. The van der Waals surface area contributed by atoms with Gasteiger partial charge >= 0.3 is 12.3 Å². The van der Waals surface area contributed by atoms with Crippen molar-refractivity contribution in [3.63, 3.8) is 0 Å². The first-order valence-electron chi connectivity index (χ1n) is 4.42. The number of hydrogen-bond acceptors (Lipinski definition) is 5. The van der Waals surface area contributed by atoms with E-state index < -0.39 is 12.3 Å². The predicted molar refractivity (Wildman–Crippen MR) is 51.1 cm³/mol. The minimum atomic E-state index is -4.65. The van der Waals surface area contributed by atoms with Crippen LogP contribution in [0.25, 0.3) is 11.5 Å². The molecule has 90 valence electrons. The van der Waals surface area contributed by atoms with E-state index in [4.69, 9.17) is 4.42 Å². The zero-order valence-corrected chi connectivity index (χ0v) is 8.19. The van der Waals surface area contributed by atoms with Crippen LogP contribution in [0.4, 0.5) is 19.2 Å². The lowest BCUT2D eigenvalue weighted by molar-refractivity contribution is -0.102. The SMILES string of the molecule is Oc1ccccc1-c1nnc(NC(F)(F)F)o1. The monoisotopic (exact) mass is 245 g/mol. The highest BCUT2D eigenvalue weighted by atomic mass is 19.4. The van der Waals surface area contributed by atoms with Crippen molar-refractivity contribution in [2.75, 3.05) is 5.32 Å². The molecule has 0 atom stereocenters. The third-order valence-electron chi connectivity index (χ3n) is 1.81. The van der Waals surface area contributed by atoms with E-state index in [1.165, 1.54) is 12.1 Å². The van der Waals surface area contributed by atoms with Crippen molar-refractivity contribution in [3.8, 4) is 17.2 Å². The Kier molecular flexibility index (Phi) is 2.62. The van der Waals surface area contributed by atoms with Gasteiger partial charge in [0.2, 0.25) is 0 Å². The molecule has 0 aliphatic heterocycles. The Morgan fingerprint density at radius 1 is 1.18 bits per heavy atom. The molecule has 0 amide bonds. The lowest BCUT2D eigenvalue weighted by Crippen LogP contribution is -2.20. The molecule has 1 aromatic carbocycles. The van der Waals surface area contributed by atoms with Crippen molar-refractivity contribution in [2.45, 2.75) is 6.30 Å². The van der Waals surface area contributed by atoms with Gasteiger partial charge in [-0.05, 0) is 12.1 Å². The molecule has 0 aliphatic rings. The number of alkyl halides is 3. The maximum absolute atomic E-state index is 11.9. The molecule has 0 saturated heterocycles. The number of hydrogen-bond donors (Lipinski definition) is 2. The van der Waals surface area contributed by atoms with Gasteiger partial charge in [0, 0.05) is 0 Å². The van der Waals surface area contributed by atoms with Crippen LogP contribution in [0, 0.1) is 0 Å². The van der Waals surface area contributed by atoms with Crippen LogP contribution in [0.15, 0.2) is 28.7 Å². The molecule has 2 aromatic rings. The number of para-hydroxylation sites is 1. The average Bonchev–Trinajstić information content (AvgIpc) is 2.64. The first kappa shape index (κ1) is 11.2. The van der Waals surface area contributed by atoms with Crippen LogP contribution in [0.5, 0.6) is 5.75 Å². The highest BCUT2D eigenvalue weighted by Gasteiger charge is 2.30. The minimum Gasteiger partial charge on any atom is -0.507 e. The summed E-state index contributed by atoms with van der Waals surface area (Å²) in [5.41, 5.74) is 0.162. The van der Waals surface area contributed by atoms with Gasteiger partial charge in [-0.1, -0.05) is 17.2 Å². The Balaban J connectivity index is 2.28. The van der Waals surface area contributed by atoms with Gasteiger partial charge in [-0.2, -0.15) is 13.2 Å². The topological polar surface area (TPSA) is 71.2 Å². The summed E-state index contributed by atoms with van der Waals surface area (Å²) in [5.74, 6) is -0.357. The molecule has 17 heavy (non-hydrogen) atoms. The van der Waals surface area contributed by atoms with Gasteiger partial charge in [0.25, 0.3) is 5.89 Å². The van der Waals surface area contributed by atoms with Gasteiger partial charge in [-0.15, -0.1) is 5.10 Å². The molecule has 0 radical (unpaired) electrons. The normalized spacial score (nSPS) is 11.5. The molecule has 0 spiro atoms. The molecule has 0 aliphatic carbocycles. The lowest BCUT2D eigenvalue weighted by atomic mass is 10.2. The standard InChI is InChI=1S/C9H6F3N3O2/c10-9(11,12)13-8-15-14-7(17-8)5-3-1-2-4-6(5)16/h1-4,16H,(H,13,15). The maximum atomic E-state index is 11.9. The summed E-state index contributed by atoms with van der Waals surface area (Å²) < 4.78 is 40.5. The van der Waals surface area contributed by atoms with E-state index in [1.54, 1.807) is 12.1 Å². The lowest BCUT2D eigenvalue weighted by Gasteiger charge is -2.03. The first-order valence-corrected chi connectivity index (χ1v) is 4.42. The third kappa shape index (κ3) is 2.65. The fraction of sp³-hybridized carbons (Fsp3) is 0.111. The van der Waals surface area contributed by atoms with E-state index in [1.807, 2.05) is 0 Å². The number of halogens is 3. The summed E-state index contributed by atoms with van der Waals surface area (Å²) in [7, 11) is 0. The number of phenols is 1. The maximum Gasteiger partial charge on any atom is 0.485 e. The van der Waals surface area contributed by atoms with Crippen LogP contribution in [-0.2, 0) is 0 Å². The van der Waals surface area contributed by atoms with Gasteiger partial charge in [0.1, 0.15) is 5.75 Å².